The summed E-state index contributed by atoms with van der Waals surface area (Å²) in [7, 11) is 0. The summed E-state index contributed by atoms with van der Waals surface area (Å²) in [5.74, 6) is 0.0125. The van der Waals surface area contributed by atoms with Gasteiger partial charge in [0.1, 0.15) is 11.3 Å². The molecule has 0 unspecified atom stereocenters. The molecule has 2 rings (SSSR count). The summed E-state index contributed by atoms with van der Waals surface area (Å²) in [4.78, 5) is 24.2. The van der Waals surface area contributed by atoms with Crippen LogP contribution in [0.3, 0.4) is 0 Å². The number of nitrogens with zero attached hydrogens (tertiary/aromatic N) is 1. The Hall–Kier alpha value is -1.85. The number of hydrogen-bond acceptors (Lipinski definition) is 4. The third-order valence-corrected chi connectivity index (χ3v) is 4.86. The molecule has 0 saturated heterocycles. The fourth-order valence-corrected chi connectivity index (χ4v) is 3.26. The zero-order chi connectivity index (χ0) is 17.0. The van der Waals surface area contributed by atoms with Crippen molar-refractivity contribution in [2.24, 2.45) is 5.92 Å². The molecule has 1 aliphatic rings. The van der Waals surface area contributed by atoms with Crippen LogP contribution in [0.4, 0.5) is 0 Å². The Morgan fingerprint density at radius 2 is 1.96 bits per heavy atom. The average molecular weight is 322 g/mol. The second-order valence-electron chi connectivity index (χ2n) is 6.53. The quantitative estimate of drug-likeness (QED) is 0.839. The van der Waals surface area contributed by atoms with Gasteiger partial charge in [-0.05, 0) is 38.0 Å². The SMILES string of the molecule is CCc1noc(CC)c1CC(=O)NC1(C(=O)O)CCC(C)CC1. The van der Waals surface area contributed by atoms with Gasteiger partial charge in [0.25, 0.3) is 0 Å². The number of nitrogens with one attached hydrogen (secondary N) is 1. The highest BCUT2D eigenvalue weighted by atomic mass is 16.5. The van der Waals surface area contributed by atoms with Crippen LogP contribution >= 0.6 is 0 Å². The van der Waals surface area contributed by atoms with Crippen LogP contribution in [-0.4, -0.2) is 27.7 Å². The van der Waals surface area contributed by atoms with E-state index in [0.29, 0.717) is 37.4 Å². The Labute approximate surface area is 136 Å². The molecule has 23 heavy (non-hydrogen) atoms. The summed E-state index contributed by atoms with van der Waals surface area (Å²) in [6, 6.07) is 0. The predicted octanol–water partition coefficient (Wildman–Crippen LogP) is 2.49. The van der Waals surface area contributed by atoms with Crippen molar-refractivity contribution in [3.8, 4) is 0 Å². The minimum Gasteiger partial charge on any atom is -0.480 e. The van der Waals surface area contributed by atoms with Crippen LogP contribution in [0.25, 0.3) is 0 Å². The van der Waals surface area contributed by atoms with Crippen molar-refractivity contribution < 1.29 is 19.2 Å². The molecule has 0 spiro atoms. The van der Waals surface area contributed by atoms with E-state index in [1.807, 2.05) is 13.8 Å². The molecule has 6 nitrogen and oxygen atoms in total. The Kier molecular flexibility index (Phi) is 5.44. The fourth-order valence-electron chi connectivity index (χ4n) is 3.26. The van der Waals surface area contributed by atoms with Gasteiger partial charge in [-0.1, -0.05) is 25.9 Å². The van der Waals surface area contributed by atoms with Gasteiger partial charge >= 0.3 is 5.97 Å². The second kappa shape index (κ2) is 7.15. The van der Waals surface area contributed by atoms with Crippen LogP contribution in [0.1, 0.15) is 63.5 Å². The molecule has 0 radical (unpaired) electrons. The predicted molar refractivity (Wildman–Crippen MR) is 85.1 cm³/mol. The standard InChI is InChI=1S/C17H26N2O4/c1-4-13-12(14(5-2)23-19-13)10-15(20)18-17(16(21)22)8-6-11(3)7-9-17/h11H,4-10H2,1-3H3,(H,18,20)(H,21,22). The van der Waals surface area contributed by atoms with Gasteiger partial charge in [0.15, 0.2) is 0 Å². The third-order valence-electron chi connectivity index (χ3n) is 4.86. The maximum absolute atomic E-state index is 12.5. The van der Waals surface area contributed by atoms with E-state index in [0.717, 1.165) is 24.1 Å². The number of carbonyl (C=O) groups excluding carboxylic acids is 1. The lowest BCUT2D eigenvalue weighted by Gasteiger charge is -2.36. The molecule has 6 heteroatoms. The molecule has 1 heterocycles. The molecule has 0 bridgehead atoms. The van der Waals surface area contributed by atoms with Crippen LogP contribution in [0.15, 0.2) is 4.52 Å². The summed E-state index contributed by atoms with van der Waals surface area (Å²) in [6.45, 7) is 6.02. The smallest absolute Gasteiger partial charge is 0.329 e. The molecule has 2 N–H and O–H groups in total. The molecular formula is C17H26N2O4. The first-order chi connectivity index (χ1) is 10.9. The number of carbonyl (C=O) groups is 2. The first-order valence-electron chi connectivity index (χ1n) is 8.42. The summed E-state index contributed by atoms with van der Waals surface area (Å²) >= 11 is 0. The van der Waals surface area contributed by atoms with E-state index >= 15 is 0 Å². The van der Waals surface area contributed by atoms with Crippen molar-refractivity contribution in [2.75, 3.05) is 0 Å². The summed E-state index contributed by atoms with van der Waals surface area (Å²) in [5.41, 5.74) is 0.454. The number of amides is 1. The summed E-state index contributed by atoms with van der Waals surface area (Å²) in [5, 5.41) is 16.4. The molecule has 1 aromatic rings. The Morgan fingerprint density at radius 3 is 2.48 bits per heavy atom. The van der Waals surface area contributed by atoms with E-state index in [1.165, 1.54) is 0 Å². The number of aryl methyl sites for hydroxylation is 2. The summed E-state index contributed by atoms with van der Waals surface area (Å²) in [6.07, 6.45) is 4.09. The van der Waals surface area contributed by atoms with Gasteiger partial charge in [0, 0.05) is 12.0 Å². The topological polar surface area (TPSA) is 92.4 Å². The number of rotatable bonds is 6. The molecule has 1 amide bonds. The molecule has 128 valence electrons. The minimum atomic E-state index is -1.13. The van der Waals surface area contributed by atoms with Crippen molar-refractivity contribution in [2.45, 2.75) is 71.3 Å². The highest BCUT2D eigenvalue weighted by Gasteiger charge is 2.42. The Bertz CT molecular complexity index is 550. The zero-order valence-corrected chi connectivity index (χ0v) is 14.1. The maximum Gasteiger partial charge on any atom is 0.329 e. The molecule has 0 aromatic carbocycles. The van der Waals surface area contributed by atoms with Crippen LogP contribution in [-0.2, 0) is 28.9 Å². The highest BCUT2D eigenvalue weighted by Crippen LogP contribution is 2.32. The monoisotopic (exact) mass is 322 g/mol. The van der Waals surface area contributed by atoms with Crippen LogP contribution in [0.5, 0.6) is 0 Å². The van der Waals surface area contributed by atoms with Gasteiger partial charge in [-0.15, -0.1) is 0 Å². The number of aliphatic carboxylic acids is 1. The molecule has 1 fully saturated rings. The second-order valence-corrected chi connectivity index (χ2v) is 6.53. The number of carboxylic acids is 1. The molecule has 0 aliphatic heterocycles. The van der Waals surface area contributed by atoms with Gasteiger partial charge in [0.05, 0.1) is 12.1 Å². The highest BCUT2D eigenvalue weighted by molar-refractivity contribution is 5.88. The van der Waals surface area contributed by atoms with Crippen LogP contribution in [0.2, 0.25) is 0 Å². The van der Waals surface area contributed by atoms with E-state index in [9.17, 15) is 14.7 Å². The lowest BCUT2D eigenvalue weighted by atomic mass is 9.77. The van der Waals surface area contributed by atoms with Crippen molar-refractivity contribution in [1.29, 1.82) is 0 Å². The van der Waals surface area contributed by atoms with Gasteiger partial charge in [-0.2, -0.15) is 0 Å². The van der Waals surface area contributed by atoms with Gasteiger partial charge in [0.2, 0.25) is 5.91 Å². The van der Waals surface area contributed by atoms with E-state index in [4.69, 9.17) is 4.52 Å². The number of hydrogen-bond donors (Lipinski definition) is 2. The van der Waals surface area contributed by atoms with Gasteiger partial charge in [-0.3, -0.25) is 4.79 Å². The van der Waals surface area contributed by atoms with Gasteiger partial charge in [-0.25, -0.2) is 4.79 Å². The van der Waals surface area contributed by atoms with Crippen molar-refractivity contribution in [1.82, 2.24) is 10.5 Å². The van der Waals surface area contributed by atoms with E-state index < -0.39 is 11.5 Å². The Balaban J connectivity index is 2.11. The van der Waals surface area contributed by atoms with Crippen molar-refractivity contribution >= 4 is 11.9 Å². The number of aromatic nitrogens is 1. The molecule has 1 saturated carbocycles. The largest absolute Gasteiger partial charge is 0.480 e. The normalized spacial score (nSPS) is 24.4. The van der Waals surface area contributed by atoms with Crippen LogP contribution < -0.4 is 5.32 Å². The molecule has 1 aliphatic carbocycles. The Morgan fingerprint density at radius 1 is 1.30 bits per heavy atom. The fraction of sp³-hybridized carbons (Fsp3) is 0.706. The van der Waals surface area contributed by atoms with Gasteiger partial charge < -0.3 is 14.9 Å². The minimum absolute atomic E-state index is 0.125. The molecule has 1 aromatic heterocycles. The third kappa shape index (κ3) is 3.74. The number of carboxylic acid groups (broad SMARTS) is 1. The lowest BCUT2D eigenvalue weighted by Crippen LogP contribution is -2.56. The first-order valence-corrected chi connectivity index (χ1v) is 8.42. The lowest BCUT2D eigenvalue weighted by molar-refractivity contribution is -0.149. The average Bonchev–Trinajstić information content (AvgIpc) is 2.91. The maximum atomic E-state index is 12.5. The van der Waals surface area contributed by atoms with E-state index in [2.05, 4.69) is 17.4 Å². The summed E-state index contributed by atoms with van der Waals surface area (Å²) < 4.78 is 5.27. The van der Waals surface area contributed by atoms with Crippen molar-refractivity contribution in [3.63, 3.8) is 0 Å². The van der Waals surface area contributed by atoms with E-state index in [1.54, 1.807) is 0 Å². The van der Waals surface area contributed by atoms with Crippen molar-refractivity contribution in [3.05, 3.63) is 17.0 Å². The molecular weight excluding hydrogens is 296 g/mol. The van der Waals surface area contributed by atoms with Crippen LogP contribution in [0, 0.1) is 5.92 Å². The molecule has 0 atom stereocenters. The first kappa shape index (κ1) is 17.5. The van der Waals surface area contributed by atoms with E-state index in [-0.39, 0.29) is 12.3 Å². The zero-order valence-electron chi connectivity index (χ0n) is 14.1.